The lowest BCUT2D eigenvalue weighted by Gasteiger charge is -2.09. The van der Waals surface area contributed by atoms with Crippen molar-refractivity contribution in [1.82, 2.24) is 9.55 Å². The van der Waals surface area contributed by atoms with Gasteiger partial charge in [-0.15, -0.1) is 11.3 Å². The first kappa shape index (κ1) is 15.6. The Hall–Kier alpha value is -3.43. The highest BCUT2D eigenvalue weighted by Crippen LogP contribution is 2.38. The molecular weight excluding hydrogens is 360 g/mol. The van der Waals surface area contributed by atoms with Gasteiger partial charge in [-0.2, -0.15) is 0 Å². The molecule has 0 atom stereocenters. The predicted molar refractivity (Wildman–Crippen MR) is 119 cm³/mol. The van der Waals surface area contributed by atoms with Gasteiger partial charge in [-0.25, -0.2) is 0 Å². The first-order valence-electron chi connectivity index (χ1n) is 9.30. The fourth-order valence-corrected chi connectivity index (χ4v) is 4.92. The first-order chi connectivity index (χ1) is 13.9. The average molecular weight is 376 g/mol. The van der Waals surface area contributed by atoms with Crippen molar-refractivity contribution < 1.29 is 0 Å². The van der Waals surface area contributed by atoms with E-state index in [1.54, 1.807) is 17.5 Å². The van der Waals surface area contributed by atoms with E-state index in [1.165, 1.54) is 43.1 Å². The van der Waals surface area contributed by atoms with E-state index in [1.807, 2.05) is 12.3 Å². The summed E-state index contributed by atoms with van der Waals surface area (Å²) in [5, 5.41) is 6.16. The lowest BCUT2D eigenvalue weighted by atomic mass is 10.1. The van der Waals surface area contributed by atoms with Crippen LogP contribution in [0.4, 0.5) is 0 Å². The van der Waals surface area contributed by atoms with Crippen LogP contribution >= 0.6 is 11.3 Å². The molecule has 3 heterocycles. The Balaban J connectivity index is 1.63. The molecule has 3 aromatic heterocycles. The fourth-order valence-electron chi connectivity index (χ4n) is 4.13. The minimum absolute atomic E-state index is 1.14. The van der Waals surface area contributed by atoms with E-state index >= 15 is 0 Å². The lowest BCUT2D eigenvalue weighted by Crippen LogP contribution is -1.93. The van der Waals surface area contributed by atoms with Crippen LogP contribution in [-0.2, 0) is 0 Å². The van der Waals surface area contributed by atoms with Crippen molar-refractivity contribution >= 4 is 43.2 Å². The molecule has 0 bridgehead atoms. The van der Waals surface area contributed by atoms with Gasteiger partial charge in [0, 0.05) is 38.9 Å². The zero-order valence-corrected chi connectivity index (χ0v) is 15.9. The Bertz CT molecular complexity index is 1440. The number of hydrogen-bond donors (Lipinski definition) is 0. The van der Waals surface area contributed by atoms with Crippen molar-refractivity contribution in [3.8, 4) is 16.8 Å². The van der Waals surface area contributed by atoms with Crippen molar-refractivity contribution in [2.45, 2.75) is 0 Å². The number of thiophene rings is 1. The fraction of sp³-hybridized carbons (Fsp3) is 0. The van der Waals surface area contributed by atoms with Crippen molar-refractivity contribution in [3.05, 3.63) is 96.6 Å². The third-order valence-electron chi connectivity index (χ3n) is 5.39. The average Bonchev–Trinajstić information content (AvgIpc) is 3.36. The van der Waals surface area contributed by atoms with Crippen molar-refractivity contribution in [3.63, 3.8) is 0 Å². The summed E-state index contributed by atoms with van der Waals surface area (Å²) in [5.74, 6) is 0. The highest BCUT2D eigenvalue weighted by Gasteiger charge is 2.14. The second-order valence-corrected chi connectivity index (χ2v) is 7.88. The van der Waals surface area contributed by atoms with Crippen LogP contribution in [0.2, 0.25) is 0 Å². The van der Waals surface area contributed by atoms with Gasteiger partial charge in [0.15, 0.2) is 0 Å². The van der Waals surface area contributed by atoms with E-state index in [2.05, 4.69) is 87.7 Å². The lowest BCUT2D eigenvalue weighted by molar-refractivity contribution is 1.18. The van der Waals surface area contributed by atoms with Crippen LogP contribution in [0.25, 0.3) is 48.7 Å². The quantitative estimate of drug-likeness (QED) is 0.316. The predicted octanol–water partition coefficient (Wildman–Crippen LogP) is 7.06. The van der Waals surface area contributed by atoms with Gasteiger partial charge in [0.1, 0.15) is 0 Å². The summed E-state index contributed by atoms with van der Waals surface area (Å²) in [6.07, 6.45) is 3.71. The summed E-state index contributed by atoms with van der Waals surface area (Å²) in [6.45, 7) is 0. The third-order valence-corrected chi connectivity index (χ3v) is 6.27. The normalized spacial score (nSPS) is 11.6. The molecule has 0 spiro atoms. The minimum atomic E-state index is 1.14. The first-order valence-corrected chi connectivity index (χ1v) is 10.2. The van der Waals surface area contributed by atoms with Crippen LogP contribution in [0.15, 0.2) is 96.6 Å². The number of hydrogen-bond acceptors (Lipinski definition) is 2. The molecule has 0 fully saturated rings. The molecule has 28 heavy (non-hydrogen) atoms. The van der Waals surface area contributed by atoms with Gasteiger partial charge in [-0.3, -0.25) is 4.98 Å². The maximum atomic E-state index is 4.23. The number of benzene rings is 3. The molecule has 6 aromatic rings. The zero-order valence-electron chi connectivity index (χ0n) is 15.0. The molecule has 2 nitrogen and oxygen atoms in total. The van der Waals surface area contributed by atoms with Crippen LogP contribution in [0.3, 0.4) is 0 Å². The van der Waals surface area contributed by atoms with Crippen molar-refractivity contribution in [2.75, 3.05) is 0 Å². The standard InChI is InChI=1S/C25H16N2S/c1-2-6-22-20(5-1)25-21-13-15-28-24(21)12-11-23(25)27(22)19-9-7-17(8-10-19)18-4-3-14-26-16-18/h1-16H. The molecular formula is C25H16N2S. The van der Waals surface area contributed by atoms with Crippen LogP contribution in [0.1, 0.15) is 0 Å². The van der Waals surface area contributed by atoms with E-state index in [0.29, 0.717) is 0 Å². The maximum absolute atomic E-state index is 4.23. The molecule has 132 valence electrons. The summed E-state index contributed by atoms with van der Waals surface area (Å²) < 4.78 is 3.71. The van der Waals surface area contributed by atoms with Gasteiger partial charge in [0.25, 0.3) is 0 Å². The number of fused-ring (bicyclic) bond motifs is 5. The van der Waals surface area contributed by atoms with E-state index in [9.17, 15) is 0 Å². The molecule has 0 N–H and O–H groups in total. The van der Waals surface area contributed by atoms with Gasteiger partial charge in [-0.1, -0.05) is 36.4 Å². The molecule has 0 aliphatic carbocycles. The molecule has 3 aromatic carbocycles. The van der Waals surface area contributed by atoms with Gasteiger partial charge in [-0.05, 0) is 59.0 Å². The monoisotopic (exact) mass is 376 g/mol. The summed E-state index contributed by atoms with van der Waals surface area (Å²) in [4.78, 5) is 4.23. The topological polar surface area (TPSA) is 17.8 Å². The smallest absolute Gasteiger partial charge is 0.0548 e. The Morgan fingerprint density at radius 1 is 0.679 bits per heavy atom. The van der Waals surface area contributed by atoms with E-state index in [4.69, 9.17) is 0 Å². The molecule has 0 aliphatic heterocycles. The highest BCUT2D eigenvalue weighted by atomic mass is 32.1. The SMILES string of the molecule is c1cncc(-c2ccc(-n3c4ccccc4c4c5ccsc5ccc43)cc2)c1. The summed E-state index contributed by atoms with van der Waals surface area (Å²) in [5.41, 5.74) is 5.98. The Morgan fingerprint density at radius 3 is 2.43 bits per heavy atom. The molecule has 3 heteroatoms. The number of para-hydroxylation sites is 1. The van der Waals surface area contributed by atoms with Gasteiger partial charge in [0.2, 0.25) is 0 Å². The van der Waals surface area contributed by atoms with Gasteiger partial charge >= 0.3 is 0 Å². The van der Waals surface area contributed by atoms with Crippen molar-refractivity contribution in [1.29, 1.82) is 0 Å². The molecule has 0 aliphatic rings. The highest BCUT2D eigenvalue weighted by molar-refractivity contribution is 7.17. The Labute approximate surface area is 166 Å². The van der Waals surface area contributed by atoms with Gasteiger partial charge in [0.05, 0.1) is 11.0 Å². The van der Waals surface area contributed by atoms with E-state index in [0.717, 1.165) is 5.56 Å². The number of rotatable bonds is 2. The number of nitrogens with zero attached hydrogens (tertiary/aromatic N) is 2. The van der Waals surface area contributed by atoms with Crippen LogP contribution in [-0.4, -0.2) is 9.55 Å². The van der Waals surface area contributed by atoms with E-state index in [-0.39, 0.29) is 0 Å². The number of pyridine rings is 1. The molecule has 0 amide bonds. The van der Waals surface area contributed by atoms with Crippen LogP contribution in [0, 0.1) is 0 Å². The second kappa shape index (κ2) is 6.04. The van der Waals surface area contributed by atoms with Gasteiger partial charge < -0.3 is 4.57 Å². The summed E-state index contributed by atoms with van der Waals surface area (Å²) >= 11 is 1.80. The Kier molecular flexibility index (Phi) is 3.37. The molecule has 0 unspecified atom stereocenters. The van der Waals surface area contributed by atoms with Crippen LogP contribution in [0.5, 0.6) is 0 Å². The number of aromatic nitrogens is 2. The zero-order chi connectivity index (χ0) is 18.5. The molecule has 6 rings (SSSR count). The third kappa shape index (κ3) is 2.23. The Morgan fingerprint density at radius 2 is 1.57 bits per heavy atom. The largest absolute Gasteiger partial charge is 0.309 e. The summed E-state index contributed by atoms with van der Waals surface area (Å²) in [6, 6.07) is 28.2. The molecule has 0 radical (unpaired) electrons. The van der Waals surface area contributed by atoms with E-state index < -0.39 is 0 Å². The second-order valence-electron chi connectivity index (χ2n) is 6.93. The molecule has 0 saturated carbocycles. The minimum Gasteiger partial charge on any atom is -0.309 e. The van der Waals surface area contributed by atoms with Crippen LogP contribution < -0.4 is 0 Å². The molecule has 0 saturated heterocycles. The maximum Gasteiger partial charge on any atom is 0.0548 e. The van der Waals surface area contributed by atoms with Crippen molar-refractivity contribution in [2.24, 2.45) is 0 Å². The summed E-state index contributed by atoms with van der Waals surface area (Å²) in [7, 11) is 0.